The minimum atomic E-state index is -0.232. The smallest absolute Gasteiger partial charge is 0.308 e. The van der Waals surface area contributed by atoms with Gasteiger partial charge in [-0.1, -0.05) is 13.8 Å². The maximum Gasteiger partial charge on any atom is 0.308 e. The number of nitrogens with zero attached hydrogens (tertiary/aromatic N) is 4. The van der Waals surface area contributed by atoms with E-state index in [1.807, 2.05) is 4.68 Å². The van der Waals surface area contributed by atoms with Crippen molar-refractivity contribution in [2.75, 3.05) is 26.8 Å². The Hall–Kier alpha value is -1.47. The third-order valence-corrected chi connectivity index (χ3v) is 3.44. The highest BCUT2D eigenvalue weighted by atomic mass is 16.5. The number of rotatable bonds is 6. The Kier molecular flexibility index (Phi) is 5.69. The molecular formula is C14H24N4O3. The molecule has 0 spiro atoms. The number of methoxy groups -OCH3 is 1. The summed E-state index contributed by atoms with van der Waals surface area (Å²) >= 11 is 0. The second-order valence-electron chi connectivity index (χ2n) is 5.76. The van der Waals surface area contributed by atoms with Crippen molar-refractivity contribution in [3.63, 3.8) is 0 Å². The summed E-state index contributed by atoms with van der Waals surface area (Å²) < 4.78 is 12.3. The van der Waals surface area contributed by atoms with Crippen molar-refractivity contribution in [1.82, 2.24) is 19.7 Å². The molecule has 0 radical (unpaired) electrons. The molecule has 0 N–H and O–H groups in total. The van der Waals surface area contributed by atoms with E-state index in [1.54, 1.807) is 6.33 Å². The lowest BCUT2D eigenvalue weighted by Crippen LogP contribution is -2.43. The fourth-order valence-corrected chi connectivity index (χ4v) is 2.43. The normalized spacial score (nSPS) is 19.9. The van der Waals surface area contributed by atoms with Gasteiger partial charge in [-0.2, -0.15) is 5.10 Å². The quantitative estimate of drug-likeness (QED) is 0.720. The molecule has 0 saturated carbocycles. The molecule has 1 fully saturated rings. The van der Waals surface area contributed by atoms with E-state index in [-0.39, 0.29) is 12.1 Å². The van der Waals surface area contributed by atoms with Crippen LogP contribution in [0.25, 0.3) is 0 Å². The highest BCUT2D eigenvalue weighted by Crippen LogP contribution is 2.12. The number of morpholine rings is 1. The van der Waals surface area contributed by atoms with E-state index in [9.17, 15) is 4.79 Å². The largest absolute Gasteiger partial charge is 0.469 e. The first-order valence-corrected chi connectivity index (χ1v) is 7.36. The van der Waals surface area contributed by atoms with Crippen LogP contribution in [0.3, 0.4) is 0 Å². The Bertz CT molecular complexity index is 461. The van der Waals surface area contributed by atoms with Crippen LogP contribution in [-0.2, 0) is 27.4 Å². The van der Waals surface area contributed by atoms with Gasteiger partial charge < -0.3 is 9.47 Å². The summed E-state index contributed by atoms with van der Waals surface area (Å²) in [4.78, 5) is 17.9. The van der Waals surface area contributed by atoms with Crippen LogP contribution in [0, 0.1) is 5.92 Å². The molecule has 2 heterocycles. The molecule has 1 saturated heterocycles. The van der Waals surface area contributed by atoms with Gasteiger partial charge in [-0.15, -0.1) is 0 Å². The lowest BCUT2D eigenvalue weighted by molar-refractivity contribution is -0.145. The first-order chi connectivity index (χ1) is 10.1. The minimum absolute atomic E-state index is 0.104. The molecule has 7 heteroatoms. The van der Waals surface area contributed by atoms with Gasteiger partial charge in [0.2, 0.25) is 0 Å². The van der Waals surface area contributed by atoms with E-state index < -0.39 is 0 Å². The van der Waals surface area contributed by atoms with Gasteiger partial charge in [-0.3, -0.25) is 9.69 Å². The van der Waals surface area contributed by atoms with E-state index in [0.29, 0.717) is 25.5 Å². The highest BCUT2D eigenvalue weighted by molar-refractivity contribution is 5.69. The van der Waals surface area contributed by atoms with E-state index in [4.69, 9.17) is 9.47 Å². The van der Waals surface area contributed by atoms with Crippen molar-refractivity contribution in [3.05, 3.63) is 12.2 Å². The summed E-state index contributed by atoms with van der Waals surface area (Å²) in [7, 11) is 1.40. The maximum atomic E-state index is 11.3. The molecule has 7 nitrogen and oxygen atoms in total. The van der Waals surface area contributed by atoms with Gasteiger partial charge in [0.25, 0.3) is 0 Å². The summed E-state index contributed by atoms with van der Waals surface area (Å²) in [6.45, 7) is 8.09. The molecule has 0 aromatic carbocycles. The van der Waals surface area contributed by atoms with Crippen molar-refractivity contribution < 1.29 is 14.3 Å². The molecule has 0 amide bonds. The zero-order valence-corrected chi connectivity index (χ0v) is 13.0. The molecule has 1 aliphatic heterocycles. The van der Waals surface area contributed by atoms with Crippen LogP contribution in [0.2, 0.25) is 0 Å². The van der Waals surface area contributed by atoms with Crippen molar-refractivity contribution in [2.24, 2.45) is 5.92 Å². The van der Waals surface area contributed by atoms with Crippen molar-refractivity contribution in [2.45, 2.75) is 39.5 Å². The third-order valence-electron chi connectivity index (χ3n) is 3.44. The molecule has 118 valence electrons. The Morgan fingerprint density at radius 2 is 2.38 bits per heavy atom. The molecular weight excluding hydrogens is 272 g/mol. The molecule has 1 aromatic rings. The molecule has 1 aromatic heterocycles. The summed E-state index contributed by atoms with van der Waals surface area (Å²) in [6, 6.07) is 0. The monoisotopic (exact) mass is 296 g/mol. The zero-order chi connectivity index (χ0) is 15.2. The number of carbonyl (C=O) groups excluding carboxylic acids is 1. The fraction of sp³-hybridized carbons (Fsp3) is 0.786. The second-order valence-corrected chi connectivity index (χ2v) is 5.76. The Morgan fingerprint density at radius 1 is 1.57 bits per heavy atom. The number of aromatic nitrogens is 3. The van der Waals surface area contributed by atoms with E-state index in [0.717, 1.165) is 25.5 Å². The summed E-state index contributed by atoms with van der Waals surface area (Å²) in [6.07, 6.45) is 1.79. The summed E-state index contributed by atoms with van der Waals surface area (Å²) in [5, 5.41) is 4.28. The van der Waals surface area contributed by atoms with Crippen molar-refractivity contribution >= 4 is 5.97 Å². The highest BCUT2D eigenvalue weighted by Gasteiger charge is 2.24. The van der Waals surface area contributed by atoms with Gasteiger partial charge in [0.15, 0.2) is 0 Å². The van der Waals surface area contributed by atoms with E-state index >= 15 is 0 Å². The zero-order valence-electron chi connectivity index (χ0n) is 13.0. The number of esters is 1. The molecule has 0 aliphatic carbocycles. The summed E-state index contributed by atoms with van der Waals surface area (Å²) in [5.41, 5.74) is 0. The van der Waals surface area contributed by atoms with Gasteiger partial charge in [0.05, 0.1) is 32.8 Å². The molecule has 1 aliphatic rings. The number of ether oxygens (including phenoxy) is 2. The average Bonchev–Trinajstić information content (AvgIpc) is 2.85. The van der Waals surface area contributed by atoms with Gasteiger partial charge in [0, 0.05) is 19.6 Å². The predicted octanol–water partition coefficient (Wildman–Crippen LogP) is 0.698. The topological polar surface area (TPSA) is 69.5 Å². The fourth-order valence-electron chi connectivity index (χ4n) is 2.43. The third kappa shape index (κ3) is 4.78. The summed E-state index contributed by atoms with van der Waals surface area (Å²) in [5.74, 6) is 1.26. The SMILES string of the molecule is COC(=O)CC1CN(Cc2ncnn2CC(C)C)CCO1. The van der Waals surface area contributed by atoms with Crippen LogP contribution in [0.4, 0.5) is 0 Å². The standard InChI is InChI=1S/C14H24N4O3/c1-11(2)7-18-13(15-10-16-18)9-17-4-5-21-12(8-17)6-14(19)20-3/h10-12H,4-9H2,1-3H3. The van der Waals surface area contributed by atoms with E-state index in [2.05, 4.69) is 28.8 Å². The maximum absolute atomic E-state index is 11.3. The first kappa shape index (κ1) is 15.9. The van der Waals surface area contributed by atoms with Crippen LogP contribution in [0.15, 0.2) is 6.33 Å². The lowest BCUT2D eigenvalue weighted by Gasteiger charge is -2.32. The van der Waals surface area contributed by atoms with Crippen molar-refractivity contribution in [3.8, 4) is 0 Å². The average molecular weight is 296 g/mol. The molecule has 2 rings (SSSR count). The van der Waals surface area contributed by atoms with Gasteiger partial charge in [0.1, 0.15) is 12.2 Å². The number of hydrogen-bond acceptors (Lipinski definition) is 6. The van der Waals surface area contributed by atoms with Gasteiger partial charge >= 0.3 is 5.97 Å². The molecule has 1 atom stereocenters. The van der Waals surface area contributed by atoms with Gasteiger partial charge in [-0.25, -0.2) is 9.67 Å². The lowest BCUT2D eigenvalue weighted by atomic mass is 10.2. The number of carbonyl (C=O) groups is 1. The van der Waals surface area contributed by atoms with Crippen LogP contribution >= 0.6 is 0 Å². The second kappa shape index (κ2) is 7.51. The Labute approximate surface area is 125 Å². The minimum Gasteiger partial charge on any atom is -0.469 e. The van der Waals surface area contributed by atoms with Gasteiger partial charge in [-0.05, 0) is 5.92 Å². The Balaban J connectivity index is 1.90. The molecule has 1 unspecified atom stereocenters. The van der Waals surface area contributed by atoms with E-state index in [1.165, 1.54) is 7.11 Å². The number of hydrogen-bond donors (Lipinski definition) is 0. The van der Waals surface area contributed by atoms with Crippen molar-refractivity contribution in [1.29, 1.82) is 0 Å². The molecule has 0 bridgehead atoms. The first-order valence-electron chi connectivity index (χ1n) is 7.36. The molecule has 21 heavy (non-hydrogen) atoms. The van der Waals surface area contributed by atoms with Crippen LogP contribution in [0.1, 0.15) is 26.1 Å². The predicted molar refractivity (Wildman–Crippen MR) is 76.5 cm³/mol. The van der Waals surface area contributed by atoms with Crippen LogP contribution < -0.4 is 0 Å². The van der Waals surface area contributed by atoms with Crippen LogP contribution in [-0.4, -0.2) is 58.5 Å². The Morgan fingerprint density at radius 3 is 3.10 bits per heavy atom. The van der Waals surface area contributed by atoms with Crippen LogP contribution in [0.5, 0.6) is 0 Å².